The van der Waals surface area contributed by atoms with Crippen LogP contribution in [0.4, 0.5) is 4.39 Å². The average molecular weight is 272 g/mol. The van der Waals surface area contributed by atoms with Crippen molar-refractivity contribution in [1.82, 2.24) is 0 Å². The zero-order chi connectivity index (χ0) is 13.9. The fourth-order valence-electron chi connectivity index (χ4n) is 2.29. The van der Waals surface area contributed by atoms with Gasteiger partial charge in [0.1, 0.15) is 18.5 Å². The van der Waals surface area contributed by atoms with Crippen LogP contribution in [0.1, 0.15) is 15.9 Å². The molecule has 1 heterocycles. The summed E-state index contributed by atoms with van der Waals surface area (Å²) in [7, 11) is 0. The number of aldehydes is 1. The Labute approximate surface area is 115 Å². The Kier molecular flexibility index (Phi) is 3.37. The highest BCUT2D eigenvalue weighted by molar-refractivity contribution is 5.79. The third-order valence-electron chi connectivity index (χ3n) is 3.25. The number of rotatable bonds is 4. The molecule has 4 heteroatoms. The SMILES string of the molecule is O=Cc1cccc(F)c1OCC1Cc2ccccc2O1. The van der Waals surface area contributed by atoms with E-state index in [4.69, 9.17) is 9.47 Å². The summed E-state index contributed by atoms with van der Waals surface area (Å²) in [5.74, 6) is 0.289. The lowest BCUT2D eigenvalue weighted by atomic mass is 10.1. The van der Waals surface area contributed by atoms with Gasteiger partial charge in [0.05, 0.1) is 5.56 Å². The minimum Gasteiger partial charge on any atom is -0.486 e. The summed E-state index contributed by atoms with van der Waals surface area (Å²) >= 11 is 0. The van der Waals surface area contributed by atoms with E-state index in [-0.39, 0.29) is 24.0 Å². The minimum atomic E-state index is -0.537. The van der Waals surface area contributed by atoms with Crippen LogP contribution in [0.25, 0.3) is 0 Å². The van der Waals surface area contributed by atoms with Crippen LogP contribution >= 0.6 is 0 Å². The molecule has 3 nitrogen and oxygen atoms in total. The second-order valence-electron chi connectivity index (χ2n) is 4.64. The summed E-state index contributed by atoms with van der Waals surface area (Å²) < 4.78 is 24.8. The Morgan fingerprint density at radius 2 is 2.10 bits per heavy atom. The Morgan fingerprint density at radius 1 is 1.25 bits per heavy atom. The van der Waals surface area contributed by atoms with Gasteiger partial charge in [-0.1, -0.05) is 24.3 Å². The molecule has 0 amide bonds. The molecule has 102 valence electrons. The van der Waals surface area contributed by atoms with Crippen molar-refractivity contribution in [3.8, 4) is 11.5 Å². The first-order valence-corrected chi connectivity index (χ1v) is 6.39. The predicted molar refractivity (Wildman–Crippen MR) is 71.8 cm³/mol. The standard InChI is InChI=1S/C16H13FO3/c17-14-6-3-5-12(9-18)16(14)19-10-13-8-11-4-1-2-7-15(11)20-13/h1-7,9,13H,8,10H2. The van der Waals surface area contributed by atoms with Crippen LogP contribution in [0, 0.1) is 5.82 Å². The number of halogens is 1. The van der Waals surface area contributed by atoms with Crippen LogP contribution in [0.15, 0.2) is 42.5 Å². The monoisotopic (exact) mass is 272 g/mol. The second kappa shape index (κ2) is 5.33. The molecule has 2 aromatic rings. The number of hydrogen-bond donors (Lipinski definition) is 0. The van der Waals surface area contributed by atoms with Crippen molar-refractivity contribution in [3.63, 3.8) is 0 Å². The van der Waals surface area contributed by atoms with Gasteiger partial charge in [0, 0.05) is 6.42 Å². The molecule has 0 aromatic heterocycles. The van der Waals surface area contributed by atoms with Crippen molar-refractivity contribution in [2.75, 3.05) is 6.61 Å². The smallest absolute Gasteiger partial charge is 0.165 e. The number of carbonyl (C=O) groups excluding carboxylic acids is 1. The fourth-order valence-corrected chi connectivity index (χ4v) is 2.29. The number of benzene rings is 2. The van der Waals surface area contributed by atoms with Crippen LogP contribution in [0.2, 0.25) is 0 Å². The third-order valence-corrected chi connectivity index (χ3v) is 3.25. The normalized spacial score (nSPS) is 16.4. The van der Waals surface area contributed by atoms with Gasteiger partial charge in [-0.25, -0.2) is 4.39 Å². The fraction of sp³-hybridized carbons (Fsp3) is 0.188. The van der Waals surface area contributed by atoms with Gasteiger partial charge >= 0.3 is 0 Å². The Morgan fingerprint density at radius 3 is 2.90 bits per heavy atom. The van der Waals surface area contributed by atoms with Gasteiger partial charge in [-0.2, -0.15) is 0 Å². The van der Waals surface area contributed by atoms with Crippen LogP contribution < -0.4 is 9.47 Å². The van der Waals surface area contributed by atoms with Gasteiger partial charge in [-0.3, -0.25) is 4.79 Å². The van der Waals surface area contributed by atoms with Crippen molar-refractivity contribution in [2.45, 2.75) is 12.5 Å². The van der Waals surface area contributed by atoms with Crippen LogP contribution in [-0.4, -0.2) is 19.0 Å². The molecular weight excluding hydrogens is 259 g/mol. The number of fused-ring (bicyclic) bond motifs is 1. The number of ether oxygens (including phenoxy) is 2. The minimum absolute atomic E-state index is 0.0120. The number of para-hydroxylation sites is 2. The Balaban J connectivity index is 1.69. The zero-order valence-electron chi connectivity index (χ0n) is 10.7. The molecular formula is C16H13FO3. The largest absolute Gasteiger partial charge is 0.486 e. The van der Waals surface area contributed by atoms with Gasteiger partial charge < -0.3 is 9.47 Å². The maximum absolute atomic E-state index is 13.6. The molecule has 0 saturated heterocycles. The molecule has 0 N–H and O–H groups in total. The molecule has 0 saturated carbocycles. The van der Waals surface area contributed by atoms with E-state index in [2.05, 4.69) is 0 Å². The van der Waals surface area contributed by atoms with Crippen molar-refractivity contribution in [2.24, 2.45) is 0 Å². The molecule has 1 unspecified atom stereocenters. The highest BCUT2D eigenvalue weighted by Gasteiger charge is 2.23. The first-order valence-electron chi connectivity index (χ1n) is 6.39. The molecule has 20 heavy (non-hydrogen) atoms. The molecule has 0 fully saturated rings. The highest BCUT2D eigenvalue weighted by atomic mass is 19.1. The molecule has 3 rings (SSSR count). The van der Waals surface area contributed by atoms with E-state index in [9.17, 15) is 9.18 Å². The summed E-state index contributed by atoms with van der Waals surface area (Å²) in [4.78, 5) is 10.9. The quantitative estimate of drug-likeness (QED) is 0.803. The molecule has 2 aromatic carbocycles. The maximum atomic E-state index is 13.6. The first-order chi connectivity index (χ1) is 9.78. The number of carbonyl (C=O) groups is 1. The molecule has 1 aliphatic heterocycles. The lowest BCUT2D eigenvalue weighted by Gasteiger charge is -2.14. The highest BCUT2D eigenvalue weighted by Crippen LogP contribution is 2.29. The van der Waals surface area contributed by atoms with Crippen molar-refractivity contribution < 1.29 is 18.7 Å². The van der Waals surface area contributed by atoms with Gasteiger partial charge in [-0.15, -0.1) is 0 Å². The van der Waals surface area contributed by atoms with Crippen molar-refractivity contribution in [3.05, 3.63) is 59.4 Å². The van der Waals surface area contributed by atoms with E-state index in [0.29, 0.717) is 6.29 Å². The third kappa shape index (κ3) is 2.37. The lowest BCUT2D eigenvalue weighted by Crippen LogP contribution is -2.23. The molecule has 1 atom stereocenters. The maximum Gasteiger partial charge on any atom is 0.165 e. The topological polar surface area (TPSA) is 35.5 Å². The van der Waals surface area contributed by atoms with Crippen LogP contribution in [0.3, 0.4) is 0 Å². The zero-order valence-corrected chi connectivity index (χ0v) is 10.7. The molecule has 0 aliphatic carbocycles. The van der Waals surface area contributed by atoms with Crippen LogP contribution in [-0.2, 0) is 6.42 Å². The Hall–Kier alpha value is -2.36. The Bertz CT molecular complexity index is 614. The molecule has 1 aliphatic rings. The predicted octanol–water partition coefficient (Wildman–Crippen LogP) is 3.02. The summed E-state index contributed by atoms with van der Waals surface area (Å²) in [6.07, 6.45) is 1.15. The van der Waals surface area contributed by atoms with E-state index in [1.165, 1.54) is 18.2 Å². The molecule has 0 radical (unpaired) electrons. The van der Waals surface area contributed by atoms with E-state index in [1.807, 2.05) is 24.3 Å². The van der Waals surface area contributed by atoms with Crippen molar-refractivity contribution in [1.29, 1.82) is 0 Å². The molecule has 0 bridgehead atoms. The summed E-state index contributed by atoms with van der Waals surface area (Å²) in [5, 5.41) is 0. The van der Waals surface area contributed by atoms with Gasteiger partial charge in [0.25, 0.3) is 0 Å². The van der Waals surface area contributed by atoms with E-state index >= 15 is 0 Å². The van der Waals surface area contributed by atoms with E-state index < -0.39 is 5.82 Å². The molecule has 0 spiro atoms. The van der Waals surface area contributed by atoms with Crippen LogP contribution in [0.5, 0.6) is 11.5 Å². The van der Waals surface area contributed by atoms with Gasteiger partial charge in [0.15, 0.2) is 17.9 Å². The second-order valence-corrected chi connectivity index (χ2v) is 4.64. The van der Waals surface area contributed by atoms with Gasteiger partial charge in [-0.05, 0) is 23.8 Å². The van der Waals surface area contributed by atoms with Gasteiger partial charge in [0.2, 0.25) is 0 Å². The number of hydrogen-bond acceptors (Lipinski definition) is 3. The summed E-state index contributed by atoms with van der Waals surface area (Å²) in [6.45, 7) is 0.205. The van der Waals surface area contributed by atoms with E-state index in [0.717, 1.165) is 17.7 Å². The van der Waals surface area contributed by atoms with Crippen molar-refractivity contribution >= 4 is 6.29 Å². The summed E-state index contributed by atoms with van der Waals surface area (Å²) in [5.41, 5.74) is 1.32. The summed E-state index contributed by atoms with van der Waals surface area (Å²) in [6, 6.07) is 12.0. The lowest BCUT2D eigenvalue weighted by molar-refractivity contribution is 0.111. The first kappa shape index (κ1) is 12.7. The van der Waals surface area contributed by atoms with E-state index in [1.54, 1.807) is 0 Å². The average Bonchev–Trinajstić information content (AvgIpc) is 2.88.